The average molecular weight is 497 g/mol. The quantitative estimate of drug-likeness (QED) is 0.280. The van der Waals surface area contributed by atoms with E-state index in [4.69, 9.17) is 18.9 Å². The zero-order valence-electron chi connectivity index (χ0n) is 19.3. The third kappa shape index (κ3) is 3.46. The van der Waals surface area contributed by atoms with Gasteiger partial charge in [0.2, 0.25) is 5.76 Å². The molecule has 0 fully saturated rings. The molecule has 0 aliphatic carbocycles. The number of hydrogen-bond acceptors (Lipinski definition) is 7. The van der Waals surface area contributed by atoms with Gasteiger partial charge in [0, 0.05) is 0 Å². The van der Waals surface area contributed by atoms with Crippen LogP contribution in [0.3, 0.4) is 0 Å². The molecule has 0 saturated carbocycles. The maximum absolute atomic E-state index is 13.8. The van der Waals surface area contributed by atoms with Crippen molar-refractivity contribution >= 4 is 43.6 Å². The number of thiazole rings is 1. The van der Waals surface area contributed by atoms with Crippen molar-refractivity contribution in [3.8, 4) is 11.5 Å². The summed E-state index contributed by atoms with van der Waals surface area (Å²) in [5.74, 6) is 0.909. The van der Waals surface area contributed by atoms with Crippen LogP contribution in [0.5, 0.6) is 11.5 Å². The Hall–Kier alpha value is -4.43. The summed E-state index contributed by atoms with van der Waals surface area (Å²) < 4.78 is 18.0. The van der Waals surface area contributed by atoms with Crippen LogP contribution in [0.1, 0.15) is 27.7 Å². The van der Waals surface area contributed by atoms with Crippen LogP contribution >= 0.6 is 11.3 Å². The molecule has 0 bridgehead atoms. The molecule has 2 aromatic heterocycles. The van der Waals surface area contributed by atoms with Crippen LogP contribution in [-0.2, 0) is 0 Å². The molecule has 0 saturated heterocycles. The van der Waals surface area contributed by atoms with Gasteiger partial charge >= 0.3 is 0 Å². The molecule has 178 valence electrons. The standard InChI is InChI=1S/C28H20N2O5S/c1-3-13-34-18-8-6-7-16(14-18)24-23-25(31)19-9-4-5-10-21(19)35-26(23)27(32)30(24)28-29-20-12-11-17(33-2)15-22(20)36-28/h3-12,14-15,24H,1,13H2,2H3/t24-/m1/s1. The van der Waals surface area contributed by atoms with Crippen LogP contribution in [-0.4, -0.2) is 24.6 Å². The molecule has 1 aliphatic heterocycles. The van der Waals surface area contributed by atoms with Gasteiger partial charge < -0.3 is 13.9 Å². The summed E-state index contributed by atoms with van der Waals surface area (Å²) in [5.41, 5.74) is 1.85. The molecule has 36 heavy (non-hydrogen) atoms. The minimum Gasteiger partial charge on any atom is -0.497 e. The molecule has 1 amide bonds. The summed E-state index contributed by atoms with van der Waals surface area (Å²) in [6, 6.07) is 19.1. The third-order valence-corrected chi connectivity index (χ3v) is 7.13. The van der Waals surface area contributed by atoms with Crippen molar-refractivity contribution in [3.05, 3.63) is 106 Å². The number of aromatic nitrogens is 1. The Balaban J connectivity index is 1.58. The van der Waals surface area contributed by atoms with Crippen LogP contribution in [0.25, 0.3) is 21.2 Å². The maximum atomic E-state index is 13.8. The second-order valence-electron chi connectivity index (χ2n) is 8.25. The highest BCUT2D eigenvalue weighted by Crippen LogP contribution is 2.44. The highest BCUT2D eigenvalue weighted by molar-refractivity contribution is 7.22. The van der Waals surface area contributed by atoms with Gasteiger partial charge in [0.15, 0.2) is 10.6 Å². The number of anilines is 1. The van der Waals surface area contributed by atoms with Gasteiger partial charge in [-0.1, -0.05) is 48.3 Å². The normalized spacial score (nSPS) is 14.9. The average Bonchev–Trinajstić information content (AvgIpc) is 3.45. The van der Waals surface area contributed by atoms with Gasteiger partial charge in [-0.3, -0.25) is 14.5 Å². The molecule has 0 unspecified atom stereocenters. The molecule has 5 aromatic rings. The van der Waals surface area contributed by atoms with E-state index in [1.54, 1.807) is 37.5 Å². The Morgan fingerprint density at radius 2 is 1.94 bits per heavy atom. The van der Waals surface area contributed by atoms with E-state index in [0.717, 1.165) is 10.2 Å². The zero-order chi connectivity index (χ0) is 24.8. The van der Waals surface area contributed by atoms with E-state index >= 15 is 0 Å². The smallest absolute Gasteiger partial charge is 0.297 e. The number of amides is 1. The number of para-hydroxylation sites is 1. The molecule has 8 heteroatoms. The lowest BCUT2D eigenvalue weighted by atomic mass is 9.98. The van der Waals surface area contributed by atoms with E-state index in [0.29, 0.717) is 39.8 Å². The number of methoxy groups -OCH3 is 1. The second kappa shape index (κ2) is 8.66. The van der Waals surface area contributed by atoms with Crippen LogP contribution < -0.4 is 19.8 Å². The lowest BCUT2D eigenvalue weighted by Crippen LogP contribution is -2.29. The van der Waals surface area contributed by atoms with Crippen LogP contribution in [0.2, 0.25) is 0 Å². The van der Waals surface area contributed by atoms with E-state index in [1.165, 1.54) is 16.2 Å². The minimum atomic E-state index is -0.733. The molecule has 1 atom stereocenters. The predicted octanol–water partition coefficient (Wildman–Crippen LogP) is 5.73. The summed E-state index contributed by atoms with van der Waals surface area (Å²) in [5, 5.41) is 0.879. The van der Waals surface area contributed by atoms with Gasteiger partial charge in [-0.05, 0) is 48.0 Å². The molecule has 0 radical (unpaired) electrons. The molecule has 3 heterocycles. The van der Waals surface area contributed by atoms with Crippen molar-refractivity contribution in [1.82, 2.24) is 4.98 Å². The van der Waals surface area contributed by atoms with Gasteiger partial charge in [0.25, 0.3) is 5.91 Å². The Kier molecular flexibility index (Phi) is 5.30. The first kappa shape index (κ1) is 22.1. The van der Waals surface area contributed by atoms with Crippen molar-refractivity contribution in [3.63, 3.8) is 0 Å². The SMILES string of the molecule is C=CCOc1cccc([C@@H]2c3c(oc4ccccc4c3=O)C(=O)N2c2nc3ccc(OC)cc3s2)c1. The molecule has 1 aliphatic rings. The molecule has 3 aromatic carbocycles. The zero-order valence-corrected chi connectivity index (χ0v) is 20.1. The number of benzene rings is 3. The van der Waals surface area contributed by atoms with Crippen molar-refractivity contribution < 1.29 is 18.7 Å². The molecule has 7 nitrogen and oxygen atoms in total. The fourth-order valence-electron chi connectivity index (χ4n) is 4.48. The van der Waals surface area contributed by atoms with Gasteiger partial charge in [-0.25, -0.2) is 4.98 Å². The highest BCUT2D eigenvalue weighted by atomic mass is 32.1. The monoisotopic (exact) mass is 496 g/mol. The molecule has 0 N–H and O–H groups in total. The molecule has 6 rings (SSSR count). The Bertz CT molecular complexity index is 1720. The van der Waals surface area contributed by atoms with E-state index in [1.807, 2.05) is 42.5 Å². The van der Waals surface area contributed by atoms with Crippen molar-refractivity contribution in [1.29, 1.82) is 0 Å². The summed E-state index contributed by atoms with van der Waals surface area (Å²) >= 11 is 1.35. The van der Waals surface area contributed by atoms with Gasteiger partial charge in [-0.2, -0.15) is 0 Å². The number of carbonyl (C=O) groups excluding carboxylic acids is 1. The maximum Gasteiger partial charge on any atom is 0.297 e. The van der Waals surface area contributed by atoms with E-state index < -0.39 is 11.9 Å². The van der Waals surface area contributed by atoms with E-state index in [2.05, 4.69) is 6.58 Å². The van der Waals surface area contributed by atoms with Gasteiger partial charge in [0.05, 0.1) is 34.3 Å². The van der Waals surface area contributed by atoms with E-state index in [9.17, 15) is 9.59 Å². The minimum absolute atomic E-state index is 0.0259. The number of carbonyl (C=O) groups is 1. The first-order valence-corrected chi connectivity index (χ1v) is 12.1. The topological polar surface area (TPSA) is 81.9 Å². The Morgan fingerprint density at radius 3 is 2.78 bits per heavy atom. The fourth-order valence-corrected chi connectivity index (χ4v) is 5.51. The lowest BCUT2D eigenvalue weighted by molar-refractivity contribution is 0.0971. The first-order chi connectivity index (χ1) is 17.6. The molecule has 0 spiro atoms. The summed E-state index contributed by atoms with van der Waals surface area (Å²) in [6.45, 7) is 4.03. The second-order valence-corrected chi connectivity index (χ2v) is 9.26. The number of nitrogens with zero attached hydrogens (tertiary/aromatic N) is 2. The van der Waals surface area contributed by atoms with E-state index in [-0.39, 0.29) is 16.8 Å². The predicted molar refractivity (Wildman–Crippen MR) is 139 cm³/mol. The van der Waals surface area contributed by atoms with Crippen molar-refractivity contribution in [2.75, 3.05) is 18.6 Å². The van der Waals surface area contributed by atoms with Gasteiger partial charge in [-0.15, -0.1) is 0 Å². The van der Waals surface area contributed by atoms with Gasteiger partial charge in [0.1, 0.15) is 23.7 Å². The number of rotatable bonds is 6. The van der Waals surface area contributed by atoms with Crippen LogP contribution in [0.4, 0.5) is 5.13 Å². The molecular formula is C28H20N2O5S. The number of fused-ring (bicyclic) bond motifs is 3. The van der Waals surface area contributed by atoms with Crippen molar-refractivity contribution in [2.24, 2.45) is 0 Å². The van der Waals surface area contributed by atoms with Crippen LogP contribution in [0, 0.1) is 0 Å². The number of ether oxygens (including phenoxy) is 2. The Morgan fingerprint density at radius 1 is 1.08 bits per heavy atom. The summed E-state index contributed by atoms with van der Waals surface area (Å²) in [6.07, 6.45) is 1.66. The highest BCUT2D eigenvalue weighted by Gasteiger charge is 2.45. The first-order valence-electron chi connectivity index (χ1n) is 11.3. The summed E-state index contributed by atoms with van der Waals surface area (Å²) in [7, 11) is 1.60. The molecular weight excluding hydrogens is 476 g/mol. The largest absolute Gasteiger partial charge is 0.497 e. The third-order valence-electron chi connectivity index (χ3n) is 6.11. The lowest BCUT2D eigenvalue weighted by Gasteiger charge is -2.23. The van der Waals surface area contributed by atoms with Crippen LogP contribution in [0.15, 0.2) is 88.6 Å². The number of hydrogen-bond donors (Lipinski definition) is 0. The van der Waals surface area contributed by atoms with Crippen molar-refractivity contribution in [2.45, 2.75) is 6.04 Å². The Labute approximate surface area is 209 Å². The fraction of sp³-hybridized carbons (Fsp3) is 0.107. The summed E-state index contributed by atoms with van der Waals surface area (Å²) in [4.78, 5) is 33.8.